The van der Waals surface area contributed by atoms with Gasteiger partial charge in [-0.15, -0.1) is 0 Å². The minimum Gasteiger partial charge on any atom is -0.469 e. The van der Waals surface area contributed by atoms with Gasteiger partial charge in [-0.1, -0.05) is 0 Å². The van der Waals surface area contributed by atoms with Crippen LogP contribution in [0.5, 0.6) is 0 Å². The highest BCUT2D eigenvalue weighted by Gasteiger charge is 2.35. The van der Waals surface area contributed by atoms with Crippen LogP contribution in [-0.2, 0) is 14.3 Å². The zero-order valence-corrected chi connectivity index (χ0v) is 8.03. The van der Waals surface area contributed by atoms with Crippen molar-refractivity contribution in [1.82, 2.24) is 0 Å². The molecule has 4 nitrogen and oxygen atoms in total. The number of methoxy groups -OCH3 is 2. The van der Waals surface area contributed by atoms with Crippen LogP contribution >= 0.6 is 0 Å². The molecule has 0 bridgehead atoms. The van der Waals surface area contributed by atoms with Gasteiger partial charge in [0.15, 0.2) is 0 Å². The van der Waals surface area contributed by atoms with E-state index in [1.807, 2.05) is 0 Å². The van der Waals surface area contributed by atoms with Crippen molar-refractivity contribution < 1.29 is 19.4 Å². The molecule has 0 heterocycles. The number of carbonyl (C=O) groups excluding carboxylic acids is 1. The first-order chi connectivity index (χ1) is 6.19. The van der Waals surface area contributed by atoms with Gasteiger partial charge in [0.2, 0.25) is 0 Å². The van der Waals surface area contributed by atoms with Crippen molar-refractivity contribution in [3.05, 3.63) is 0 Å². The molecule has 0 aromatic carbocycles. The topological polar surface area (TPSA) is 55.8 Å². The molecule has 0 aromatic rings. The van der Waals surface area contributed by atoms with E-state index in [4.69, 9.17) is 4.74 Å². The third-order valence-electron chi connectivity index (χ3n) is 2.57. The molecule has 3 atom stereocenters. The summed E-state index contributed by atoms with van der Waals surface area (Å²) in [6.45, 7) is 0. The van der Waals surface area contributed by atoms with Crippen LogP contribution < -0.4 is 0 Å². The van der Waals surface area contributed by atoms with Crippen LogP contribution in [-0.4, -0.2) is 37.5 Å². The summed E-state index contributed by atoms with van der Waals surface area (Å²) >= 11 is 0. The molecular formula is C9H16O4. The second-order valence-electron chi connectivity index (χ2n) is 3.37. The highest BCUT2D eigenvalue weighted by Crippen LogP contribution is 2.27. The van der Waals surface area contributed by atoms with Crippen LogP contribution in [0, 0.1) is 5.92 Å². The summed E-state index contributed by atoms with van der Waals surface area (Å²) in [7, 11) is 2.93. The normalized spacial score (nSPS) is 34.2. The number of hydrogen-bond donors (Lipinski definition) is 1. The molecule has 4 heteroatoms. The first kappa shape index (κ1) is 10.5. The third-order valence-corrected chi connectivity index (χ3v) is 2.57. The van der Waals surface area contributed by atoms with Crippen molar-refractivity contribution in [2.24, 2.45) is 5.92 Å². The maximum Gasteiger partial charge on any atom is 0.311 e. The summed E-state index contributed by atoms with van der Waals surface area (Å²) in [5.74, 6) is -0.447. The standard InChI is InChI=1S/C9H16O4/c1-12-8-5-6(10)3-4-7(8)9(11)13-2/h6-8,10H,3-5H2,1-2H3/t6-,7+,8+/m0/s1. The summed E-state index contributed by atoms with van der Waals surface area (Å²) in [5, 5.41) is 9.35. The van der Waals surface area contributed by atoms with Crippen molar-refractivity contribution in [3.63, 3.8) is 0 Å². The Bertz CT molecular complexity index is 180. The SMILES string of the molecule is COC(=O)[C@@H]1CC[C@H](O)C[C@H]1OC. The average molecular weight is 188 g/mol. The largest absolute Gasteiger partial charge is 0.469 e. The van der Waals surface area contributed by atoms with Gasteiger partial charge in [-0.25, -0.2) is 0 Å². The van der Waals surface area contributed by atoms with Gasteiger partial charge in [-0.3, -0.25) is 4.79 Å². The minimum atomic E-state index is -0.342. The van der Waals surface area contributed by atoms with E-state index in [1.54, 1.807) is 7.11 Å². The number of aliphatic hydroxyl groups is 1. The second kappa shape index (κ2) is 4.58. The predicted molar refractivity (Wildman–Crippen MR) is 46.2 cm³/mol. The lowest BCUT2D eigenvalue weighted by Gasteiger charge is -2.31. The van der Waals surface area contributed by atoms with E-state index in [0.29, 0.717) is 19.3 Å². The lowest BCUT2D eigenvalue weighted by Crippen LogP contribution is -2.38. The van der Waals surface area contributed by atoms with Crippen LogP contribution in [0.1, 0.15) is 19.3 Å². The summed E-state index contributed by atoms with van der Waals surface area (Å²) in [4.78, 5) is 11.3. The van der Waals surface area contributed by atoms with E-state index in [2.05, 4.69) is 4.74 Å². The smallest absolute Gasteiger partial charge is 0.311 e. The van der Waals surface area contributed by atoms with Gasteiger partial charge in [0.05, 0.1) is 25.2 Å². The van der Waals surface area contributed by atoms with E-state index in [0.717, 1.165) is 0 Å². The Labute approximate surface area is 77.8 Å². The molecule has 1 N–H and O–H groups in total. The molecule has 0 unspecified atom stereocenters. The molecule has 1 rings (SSSR count). The van der Waals surface area contributed by atoms with Crippen LogP contribution in [0.2, 0.25) is 0 Å². The maximum absolute atomic E-state index is 11.3. The van der Waals surface area contributed by atoms with E-state index < -0.39 is 0 Å². The van der Waals surface area contributed by atoms with E-state index in [9.17, 15) is 9.90 Å². The highest BCUT2D eigenvalue weighted by molar-refractivity contribution is 5.73. The molecule has 0 saturated heterocycles. The van der Waals surface area contributed by atoms with Gasteiger partial charge < -0.3 is 14.6 Å². The van der Waals surface area contributed by atoms with Crippen molar-refractivity contribution in [2.45, 2.75) is 31.5 Å². The Hall–Kier alpha value is -0.610. The van der Waals surface area contributed by atoms with Crippen molar-refractivity contribution >= 4 is 5.97 Å². The van der Waals surface area contributed by atoms with Gasteiger partial charge in [-0.05, 0) is 12.8 Å². The number of rotatable bonds is 2. The zero-order valence-electron chi connectivity index (χ0n) is 8.03. The number of esters is 1. The Morgan fingerprint density at radius 3 is 2.62 bits per heavy atom. The fraction of sp³-hybridized carbons (Fsp3) is 0.889. The Morgan fingerprint density at radius 2 is 2.08 bits per heavy atom. The number of carbonyl (C=O) groups is 1. The minimum absolute atomic E-state index is 0.198. The Kier molecular flexibility index (Phi) is 3.69. The maximum atomic E-state index is 11.3. The van der Waals surface area contributed by atoms with E-state index in [-0.39, 0.29) is 24.1 Å². The highest BCUT2D eigenvalue weighted by atomic mass is 16.5. The summed E-state index contributed by atoms with van der Waals surface area (Å²) in [6, 6.07) is 0. The summed E-state index contributed by atoms with van der Waals surface area (Å²) in [5.41, 5.74) is 0. The number of ether oxygens (including phenoxy) is 2. The fourth-order valence-corrected chi connectivity index (χ4v) is 1.79. The molecule has 0 spiro atoms. The number of hydrogen-bond acceptors (Lipinski definition) is 4. The average Bonchev–Trinajstić information content (AvgIpc) is 2.16. The van der Waals surface area contributed by atoms with Crippen LogP contribution in [0.15, 0.2) is 0 Å². The summed E-state index contributed by atoms with van der Waals surface area (Å²) < 4.78 is 9.79. The quantitative estimate of drug-likeness (QED) is 0.635. The van der Waals surface area contributed by atoms with E-state index >= 15 is 0 Å². The van der Waals surface area contributed by atoms with Gasteiger partial charge in [0.1, 0.15) is 0 Å². The molecular weight excluding hydrogens is 172 g/mol. The number of aliphatic hydroxyl groups excluding tert-OH is 1. The molecule has 0 aromatic heterocycles. The second-order valence-corrected chi connectivity index (χ2v) is 3.37. The molecule has 0 aliphatic heterocycles. The molecule has 1 aliphatic carbocycles. The first-order valence-electron chi connectivity index (χ1n) is 4.47. The fourth-order valence-electron chi connectivity index (χ4n) is 1.79. The third kappa shape index (κ3) is 2.42. The van der Waals surface area contributed by atoms with Crippen molar-refractivity contribution in [2.75, 3.05) is 14.2 Å². The molecule has 0 radical (unpaired) electrons. The van der Waals surface area contributed by atoms with Crippen LogP contribution in [0.4, 0.5) is 0 Å². The lowest BCUT2D eigenvalue weighted by molar-refractivity contribution is -0.154. The summed E-state index contributed by atoms with van der Waals surface area (Å²) in [6.07, 6.45) is 1.28. The molecule has 1 fully saturated rings. The van der Waals surface area contributed by atoms with Gasteiger partial charge in [-0.2, -0.15) is 0 Å². The predicted octanol–water partition coefficient (Wildman–Crippen LogP) is 0.335. The molecule has 1 saturated carbocycles. The zero-order chi connectivity index (χ0) is 9.84. The molecule has 1 aliphatic rings. The monoisotopic (exact) mass is 188 g/mol. The van der Waals surface area contributed by atoms with Gasteiger partial charge in [0.25, 0.3) is 0 Å². The molecule has 0 amide bonds. The first-order valence-corrected chi connectivity index (χ1v) is 4.47. The van der Waals surface area contributed by atoms with Gasteiger partial charge >= 0.3 is 5.97 Å². The van der Waals surface area contributed by atoms with Crippen LogP contribution in [0.3, 0.4) is 0 Å². The Balaban J connectivity index is 2.57. The lowest BCUT2D eigenvalue weighted by atomic mass is 9.85. The van der Waals surface area contributed by atoms with E-state index in [1.165, 1.54) is 7.11 Å². The molecule has 13 heavy (non-hydrogen) atoms. The molecule has 76 valence electrons. The van der Waals surface area contributed by atoms with Gasteiger partial charge in [0, 0.05) is 13.5 Å². The van der Waals surface area contributed by atoms with Crippen molar-refractivity contribution in [1.29, 1.82) is 0 Å². The Morgan fingerprint density at radius 1 is 1.38 bits per heavy atom. The van der Waals surface area contributed by atoms with Crippen LogP contribution in [0.25, 0.3) is 0 Å². The van der Waals surface area contributed by atoms with Crippen molar-refractivity contribution in [3.8, 4) is 0 Å².